The Hall–Kier alpha value is -1.14. The molecule has 0 aromatic carbocycles. The maximum Gasteiger partial charge on any atom is 0.244 e. The van der Waals surface area contributed by atoms with Crippen molar-refractivity contribution < 1.29 is 4.74 Å². The Labute approximate surface area is 95.4 Å². The Balaban J connectivity index is 1.95. The number of rotatable bonds is 4. The zero-order chi connectivity index (χ0) is 11.4. The second-order valence-electron chi connectivity index (χ2n) is 4.02. The van der Waals surface area contributed by atoms with Crippen molar-refractivity contribution in [1.82, 2.24) is 20.5 Å². The average Bonchev–Trinajstić information content (AvgIpc) is 2.75. The lowest BCUT2D eigenvalue weighted by Gasteiger charge is -2.30. The Morgan fingerprint density at radius 2 is 2.44 bits per heavy atom. The summed E-state index contributed by atoms with van der Waals surface area (Å²) >= 11 is 0. The molecular formula is C10H19N5O. The first-order chi connectivity index (χ1) is 7.79. The van der Waals surface area contributed by atoms with Gasteiger partial charge in [0.15, 0.2) is 5.82 Å². The molecule has 2 rings (SSSR count). The van der Waals surface area contributed by atoms with E-state index in [1.807, 2.05) is 6.92 Å². The maximum absolute atomic E-state index is 5.28. The van der Waals surface area contributed by atoms with Crippen molar-refractivity contribution in [3.05, 3.63) is 5.82 Å². The van der Waals surface area contributed by atoms with Crippen LogP contribution < -0.4 is 10.2 Å². The summed E-state index contributed by atoms with van der Waals surface area (Å²) < 4.78 is 5.28. The van der Waals surface area contributed by atoms with Crippen molar-refractivity contribution in [2.75, 3.05) is 31.1 Å². The van der Waals surface area contributed by atoms with Crippen LogP contribution in [-0.2, 0) is 11.3 Å². The third-order valence-electron chi connectivity index (χ3n) is 2.61. The highest BCUT2D eigenvalue weighted by Crippen LogP contribution is 2.10. The van der Waals surface area contributed by atoms with Crippen molar-refractivity contribution in [2.45, 2.75) is 26.5 Å². The van der Waals surface area contributed by atoms with Crippen LogP contribution in [0.1, 0.15) is 19.7 Å². The SMILES string of the molecule is CCOCc1nc(N2CCN[C@H](C)C2)n[nH]1. The first-order valence-electron chi connectivity index (χ1n) is 5.77. The largest absolute Gasteiger partial charge is 0.374 e. The average molecular weight is 225 g/mol. The molecule has 1 aromatic rings. The van der Waals surface area contributed by atoms with Crippen LogP contribution in [0.5, 0.6) is 0 Å². The number of hydrogen-bond donors (Lipinski definition) is 2. The van der Waals surface area contributed by atoms with Gasteiger partial charge in [0.2, 0.25) is 5.95 Å². The van der Waals surface area contributed by atoms with E-state index in [9.17, 15) is 0 Å². The fourth-order valence-electron chi connectivity index (χ4n) is 1.80. The molecule has 1 aliphatic heterocycles. The molecule has 1 aromatic heterocycles. The summed E-state index contributed by atoms with van der Waals surface area (Å²) in [6, 6.07) is 0.489. The summed E-state index contributed by atoms with van der Waals surface area (Å²) in [6.07, 6.45) is 0. The molecule has 2 heterocycles. The molecule has 16 heavy (non-hydrogen) atoms. The maximum atomic E-state index is 5.28. The minimum Gasteiger partial charge on any atom is -0.374 e. The van der Waals surface area contributed by atoms with Gasteiger partial charge in [-0.05, 0) is 13.8 Å². The molecule has 0 bridgehead atoms. The van der Waals surface area contributed by atoms with Gasteiger partial charge in [-0.2, -0.15) is 4.98 Å². The predicted molar refractivity (Wildman–Crippen MR) is 61.4 cm³/mol. The fraction of sp³-hybridized carbons (Fsp3) is 0.800. The molecule has 0 saturated carbocycles. The predicted octanol–water partition coefficient (Wildman–Crippen LogP) is 0.139. The van der Waals surface area contributed by atoms with Crippen molar-refractivity contribution in [3.8, 4) is 0 Å². The highest BCUT2D eigenvalue weighted by molar-refractivity contribution is 5.29. The van der Waals surface area contributed by atoms with E-state index in [1.165, 1.54) is 0 Å². The molecule has 0 radical (unpaired) electrons. The lowest BCUT2D eigenvalue weighted by molar-refractivity contribution is 0.128. The summed E-state index contributed by atoms with van der Waals surface area (Å²) in [6.45, 7) is 8.22. The van der Waals surface area contributed by atoms with E-state index in [1.54, 1.807) is 0 Å². The summed E-state index contributed by atoms with van der Waals surface area (Å²) in [5, 5.41) is 10.5. The summed E-state index contributed by atoms with van der Waals surface area (Å²) in [4.78, 5) is 6.60. The number of piperazine rings is 1. The molecule has 6 nitrogen and oxygen atoms in total. The van der Waals surface area contributed by atoms with E-state index in [2.05, 4.69) is 32.3 Å². The van der Waals surface area contributed by atoms with Crippen LogP contribution in [0.25, 0.3) is 0 Å². The van der Waals surface area contributed by atoms with Crippen molar-refractivity contribution in [2.24, 2.45) is 0 Å². The van der Waals surface area contributed by atoms with Crippen molar-refractivity contribution >= 4 is 5.95 Å². The van der Waals surface area contributed by atoms with Gasteiger partial charge >= 0.3 is 0 Å². The van der Waals surface area contributed by atoms with Crippen LogP contribution in [0.3, 0.4) is 0 Å². The van der Waals surface area contributed by atoms with E-state index in [0.717, 1.165) is 31.4 Å². The molecule has 0 unspecified atom stereocenters. The van der Waals surface area contributed by atoms with E-state index in [-0.39, 0.29) is 0 Å². The highest BCUT2D eigenvalue weighted by Gasteiger charge is 2.19. The number of H-pyrrole nitrogens is 1. The topological polar surface area (TPSA) is 66.1 Å². The van der Waals surface area contributed by atoms with Crippen LogP contribution >= 0.6 is 0 Å². The monoisotopic (exact) mass is 225 g/mol. The third-order valence-corrected chi connectivity index (χ3v) is 2.61. The number of aromatic nitrogens is 3. The Morgan fingerprint density at radius 1 is 1.56 bits per heavy atom. The molecule has 1 atom stereocenters. The van der Waals surface area contributed by atoms with Gasteiger partial charge in [0.1, 0.15) is 6.61 Å². The van der Waals surface area contributed by atoms with E-state index in [4.69, 9.17) is 4.74 Å². The van der Waals surface area contributed by atoms with Gasteiger partial charge < -0.3 is 15.0 Å². The van der Waals surface area contributed by atoms with Crippen molar-refractivity contribution in [1.29, 1.82) is 0 Å². The summed E-state index contributed by atoms with van der Waals surface area (Å²) in [5.41, 5.74) is 0. The van der Waals surface area contributed by atoms with Gasteiger partial charge in [-0.15, -0.1) is 5.10 Å². The van der Waals surface area contributed by atoms with E-state index in [0.29, 0.717) is 19.3 Å². The van der Waals surface area contributed by atoms with Crippen LogP contribution in [-0.4, -0.2) is 47.5 Å². The first-order valence-corrected chi connectivity index (χ1v) is 5.77. The fourth-order valence-corrected chi connectivity index (χ4v) is 1.80. The number of anilines is 1. The van der Waals surface area contributed by atoms with Gasteiger partial charge in [0.25, 0.3) is 0 Å². The number of nitrogens with one attached hydrogen (secondary N) is 2. The van der Waals surface area contributed by atoms with Crippen molar-refractivity contribution in [3.63, 3.8) is 0 Å². The van der Waals surface area contributed by atoms with Crippen LogP contribution in [0.4, 0.5) is 5.95 Å². The molecule has 0 aliphatic carbocycles. The van der Waals surface area contributed by atoms with Gasteiger partial charge in [-0.1, -0.05) is 0 Å². The summed E-state index contributed by atoms with van der Waals surface area (Å²) in [5.74, 6) is 1.58. The van der Waals surface area contributed by atoms with E-state index >= 15 is 0 Å². The molecule has 90 valence electrons. The molecule has 2 N–H and O–H groups in total. The molecule has 1 saturated heterocycles. The smallest absolute Gasteiger partial charge is 0.244 e. The molecule has 1 fully saturated rings. The molecule has 0 amide bonds. The molecule has 0 spiro atoms. The Kier molecular flexibility index (Phi) is 3.74. The third kappa shape index (κ3) is 2.70. The lowest BCUT2D eigenvalue weighted by atomic mass is 10.2. The van der Waals surface area contributed by atoms with E-state index < -0.39 is 0 Å². The van der Waals surface area contributed by atoms with Gasteiger partial charge in [0, 0.05) is 32.3 Å². The van der Waals surface area contributed by atoms with Crippen LogP contribution in [0.15, 0.2) is 0 Å². The lowest BCUT2D eigenvalue weighted by Crippen LogP contribution is -2.49. The number of hydrogen-bond acceptors (Lipinski definition) is 5. The standard InChI is InChI=1S/C10H19N5O/c1-3-16-7-9-12-10(14-13-9)15-5-4-11-8(2)6-15/h8,11H,3-7H2,1-2H3,(H,12,13,14)/t8-/m1/s1. The Morgan fingerprint density at radius 3 is 3.19 bits per heavy atom. The minimum absolute atomic E-state index is 0.489. The normalized spacial score (nSPS) is 21.4. The second-order valence-corrected chi connectivity index (χ2v) is 4.02. The quantitative estimate of drug-likeness (QED) is 0.763. The molecule has 1 aliphatic rings. The van der Waals surface area contributed by atoms with Gasteiger partial charge in [-0.3, -0.25) is 5.10 Å². The summed E-state index contributed by atoms with van der Waals surface area (Å²) in [7, 11) is 0. The van der Waals surface area contributed by atoms with Gasteiger partial charge in [-0.25, -0.2) is 0 Å². The number of nitrogens with zero attached hydrogens (tertiary/aromatic N) is 3. The molecular weight excluding hydrogens is 206 g/mol. The second kappa shape index (κ2) is 5.27. The zero-order valence-electron chi connectivity index (χ0n) is 9.86. The Bertz CT molecular complexity index is 327. The molecule has 6 heteroatoms. The number of ether oxygens (including phenoxy) is 1. The van der Waals surface area contributed by atoms with Crippen LogP contribution in [0, 0.1) is 0 Å². The zero-order valence-corrected chi connectivity index (χ0v) is 9.86. The first kappa shape index (κ1) is 11.3. The minimum atomic E-state index is 0.489. The van der Waals surface area contributed by atoms with Gasteiger partial charge in [0.05, 0.1) is 0 Å². The number of aromatic amines is 1. The van der Waals surface area contributed by atoms with Crippen LogP contribution in [0.2, 0.25) is 0 Å². The highest BCUT2D eigenvalue weighted by atomic mass is 16.5.